The van der Waals surface area contributed by atoms with Crippen molar-refractivity contribution in [2.75, 3.05) is 38.2 Å². The van der Waals surface area contributed by atoms with Gasteiger partial charge in [0.05, 0.1) is 23.7 Å². The molecule has 3 rings (SSSR count). The molecule has 2 fully saturated rings. The second kappa shape index (κ2) is 12.9. The number of likely N-dealkylation sites (tertiary alicyclic amines) is 1. The summed E-state index contributed by atoms with van der Waals surface area (Å²) in [5, 5.41) is 6.57. The van der Waals surface area contributed by atoms with Crippen molar-refractivity contribution >= 4 is 22.0 Å². The molecule has 0 aromatic carbocycles. The van der Waals surface area contributed by atoms with E-state index in [2.05, 4.69) is 20.5 Å². The molecule has 11 heteroatoms. The van der Waals surface area contributed by atoms with Gasteiger partial charge in [0.25, 0.3) is 0 Å². The number of carbonyl (C=O) groups is 1. The first-order chi connectivity index (χ1) is 17.0. The minimum absolute atomic E-state index is 0.0899. The average molecular weight is 529 g/mol. The topological polar surface area (TPSA) is 143 Å². The molecule has 5 unspecified atom stereocenters. The third-order valence-electron chi connectivity index (χ3n) is 7.95. The van der Waals surface area contributed by atoms with Crippen molar-refractivity contribution in [1.82, 2.24) is 15.5 Å². The van der Waals surface area contributed by atoms with E-state index in [0.717, 1.165) is 44.5 Å². The minimum Gasteiger partial charge on any atom is -0.350 e. The van der Waals surface area contributed by atoms with Gasteiger partial charge in [-0.05, 0) is 75.6 Å². The predicted molar refractivity (Wildman–Crippen MR) is 142 cm³/mol. The zero-order chi connectivity index (χ0) is 26.5. The zero-order valence-electron chi connectivity index (χ0n) is 22.0. The van der Waals surface area contributed by atoms with E-state index < -0.39 is 28.1 Å². The van der Waals surface area contributed by atoms with Crippen LogP contribution in [0.1, 0.15) is 52.4 Å². The van der Waals surface area contributed by atoms with Crippen molar-refractivity contribution in [3.05, 3.63) is 11.3 Å². The van der Waals surface area contributed by atoms with Crippen LogP contribution < -0.4 is 22.1 Å². The highest BCUT2D eigenvalue weighted by molar-refractivity contribution is 7.90. The smallest absolute Gasteiger partial charge is 0.232 e. The lowest BCUT2D eigenvalue weighted by molar-refractivity contribution is -0.126. The van der Waals surface area contributed by atoms with Crippen molar-refractivity contribution in [2.24, 2.45) is 34.2 Å². The van der Waals surface area contributed by atoms with E-state index in [1.54, 1.807) is 0 Å². The predicted octanol–water partition coefficient (Wildman–Crippen LogP) is 0.952. The summed E-state index contributed by atoms with van der Waals surface area (Å²) < 4.78 is 37.6. The number of nitrogens with zero attached hydrogens (tertiary/aromatic N) is 2. The Labute approximate surface area is 215 Å². The molecule has 206 valence electrons. The van der Waals surface area contributed by atoms with E-state index in [1.165, 1.54) is 12.5 Å². The molecule has 0 aliphatic carbocycles. The Morgan fingerprint density at radius 1 is 1.25 bits per heavy atom. The molecule has 3 aliphatic rings. The van der Waals surface area contributed by atoms with Gasteiger partial charge in [-0.1, -0.05) is 13.8 Å². The van der Waals surface area contributed by atoms with Gasteiger partial charge in [0.2, 0.25) is 5.91 Å². The number of alkyl halides is 1. The van der Waals surface area contributed by atoms with E-state index in [1.807, 2.05) is 13.8 Å². The monoisotopic (exact) mass is 528 g/mol. The number of hydrogen-bond acceptors (Lipinski definition) is 8. The van der Waals surface area contributed by atoms with Crippen LogP contribution in [0, 0.1) is 17.8 Å². The van der Waals surface area contributed by atoms with Crippen LogP contribution in [0.15, 0.2) is 16.3 Å². The number of nitrogens with two attached hydrogens (primary N) is 2. The maximum Gasteiger partial charge on any atom is 0.232 e. The van der Waals surface area contributed by atoms with Crippen LogP contribution in [-0.2, 0) is 14.6 Å². The Morgan fingerprint density at radius 3 is 2.56 bits per heavy atom. The molecule has 1 amide bonds. The van der Waals surface area contributed by atoms with Gasteiger partial charge in [-0.2, -0.15) is 0 Å². The number of piperidine rings is 2. The van der Waals surface area contributed by atoms with Crippen LogP contribution in [0.5, 0.6) is 0 Å². The summed E-state index contributed by atoms with van der Waals surface area (Å²) in [5.41, 5.74) is 13.8. The normalized spacial score (nSPS) is 32.2. The Balaban J connectivity index is 1.75. The lowest BCUT2D eigenvalue weighted by atomic mass is 9.85. The number of hydrogen-bond donors (Lipinski definition) is 4. The minimum atomic E-state index is -2.99. The van der Waals surface area contributed by atoms with E-state index >= 15 is 0 Å². The number of carbonyl (C=O) groups excluding carboxylic acids is 1. The number of sulfone groups is 1. The number of amides is 1. The Hall–Kier alpha value is -1.40. The summed E-state index contributed by atoms with van der Waals surface area (Å²) >= 11 is 0. The first-order valence-corrected chi connectivity index (χ1v) is 15.4. The van der Waals surface area contributed by atoms with Crippen LogP contribution >= 0.6 is 0 Å². The molecule has 2 saturated heterocycles. The number of aliphatic imine (C=N–C) groups is 1. The Bertz CT molecular complexity index is 917. The largest absolute Gasteiger partial charge is 0.350 e. The SMILES string of the molecule is CC/C1=C(\C(C(=O)NC2CNCCC2N2CCC(CS(C)(=O)=O)CC2)C(N)N)N=CC(F)CCC1C. The molecule has 0 radical (unpaired) electrons. The number of allylic oxidation sites excluding steroid dienone is 1. The fraction of sp³-hybridized carbons (Fsp3) is 0.840. The third-order valence-corrected chi connectivity index (χ3v) is 9.02. The second-order valence-corrected chi connectivity index (χ2v) is 13.0. The van der Waals surface area contributed by atoms with Crippen LogP contribution in [0.3, 0.4) is 0 Å². The molecule has 0 aromatic heterocycles. The summed E-state index contributed by atoms with van der Waals surface area (Å²) in [5.74, 6) is -0.642. The van der Waals surface area contributed by atoms with Crippen molar-refractivity contribution in [2.45, 2.75) is 76.8 Å². The first-order valence-electron chi connectivity index (χ1n) is 13.3. The van der Waals surface area contributed by atoms with Gasteiger partial charge in [-0.3, -0.25) is 14.7 Å². The van der Waals surface area contributed by atoms with Crippen LogP contribution in [0.2, 0.25) is 0 Å². The standard InChI is InChI=1S/C25H45FN6O3S/c1-4-19-16(2)5-6-18(26)13-30-23(19)22(24(27)28)25(33)31-20-14-29-10-7-21(20)32-11-8-17(9-12-32)15-36(3,34)35/h13,16-18,20-22,24,29H,4-12,14-15,27-28H2,1-3H3,(H,31,33)/b23-19-,30-13?. The van der Waals surface area contributed by atoms with Gasteiger partial charge in [-0.25, -0.2) is 12.8 Å². The van der Waals surface area contributed by atoms with Gasteiger partial charge >= 0.3 is 0 Å². The maximum atomic E-state index is 14.2. The summed E-state index contributed by atoms with van der Waals surface area (Å²) in [7, 11) is -2.99. The molecule has 6 N–H and O–H groups in total. The van der Waals surface area contributed by atoms with E-state index in [0.29, 0.717) is 31.5 Å². The van der Waals surface area contributed by atoms with E-state index in [9.17, 15) is 17.6 Å². The van der Waals surface area contributed by atoms with Gasteiger partial charge in [-0.15, -0.1) is 0 Å². The lowest BCUT2D eigenvalue weighted by Crippen LogP contribution is -2.62. The van der Waals surface area contributed by atoms with Gasteiger partial charge in [0, 0.05) is 25.1 Å². The molecule has 5 atom stereocenters. The highest BCUT2D eigenvalue weighted by Crippen LogP contribution is 2.32. The van der Waals surface area contributed by atoms with E-state index in [4.69, 9.17) is 11.5 Å². The number of nitrogens with one attached hydrogen (secondary N) is 2. The van der Waals surface area contributed by atoms with Crippen molar-refractivity contribution in [3.63, 3.8) is 0 Å². The first kappa shape index (κ1) is 29.2. The Kier molecular flexibility index (Phi) is 10.5. The van der Waals surface area contributed by atoms with Crippen LogP contribution in [-0.4, -0.2) is 88.0 Å². The molecule has 0 aromatic rings. The summed E-state index contributed by atoms with van der Waals surface area (Å²) in [6.07, 6.45) is 4.77. The molecule has 3 aliphatic heterocycles. The van der Waals surface area contributed by atoms with Gasteiger partial charge in [0.1, 0.15) is 21.9 Å². The van der Waals surface area contributed by atoms with Crippen molar-refractivity contribution in [1.29, 1.82) is 0 Å². The molecule has 9 nitrogen and oxygen atoms in total. The molecule has 0 bridgehead atoms. The molecule has 3 heterocycles. The molecule has 0 spiro atoms. The lowest BCUT2D eigenvalue weighted by Gasteiger charge is -2.44. The Morgan fingerprint density at radius 2 is 1.94 bits per heavy atom. The highest BCUT2D eigenvalue weighted by Gasteiger charge is 2.37. The van der Waals surface area contributed by atoms with Crippen LogP contribution in [0.4, 0.5) is 4.39 Å². The second-order valence-electron chi connectivity index (χ2n) is 10.8. The maximum absolute atomic E-state index is 14.2. The highest BCUT2D eigenvalue weighted by atomic mass is 32.2. The summed E-state index contributed by atoms with van der Waals surface area (Å²) in [4.78, 5) is 20.5. The van der Waals surface area contributed by atoms with Gasteiger partial charge in [0.15, 0.2) is 0 Å². The van der Waals surface area contributed by atoms with Crippen molar-refractivity contribution in [3.8, 4) is 0 Å². The number of halogens is 1. The summed E-state index contributed by atoms with van der Waals surface area (Å²) in [6.45, 7) is 7.14. The molecule has 0 saturated carbocycles. The fourth-order valence-corrected chi connectivity index (χ4v) is 7.22. The molecular weight excluding hydrogens is 483 g/mol. The van der Waals surface area contributed by atoms with E-state index in [-0.39, 0.29) is 35.6 Å². The quantitative estimate of drug-likeness (QED) is 0.344. The zero-order valence-corrected chi connectivity index (χ0v) is 22.8. The average Bonchev–Trinajstić information content (AvgIpc) is 2.80. The molecule has 36 heavy (non-hydrogen) atoms. The fourth-order valence-electron chi connectivity index (χ4n) is 6.03. The van der Waals surface area contributed by atoms with Crippen molar-refractivity contribution < 1.29 is 17.6 Å². The number of rotatable bonds is 8. The molecular formula is C25H45FN6O3S. The van der Waals surface area contributed by atoms with Crippen LogP contribution in [0.25, 0.3) is 0 Å². The summed E-state index contributed by atoms with van der Waals surface area (Å²) in [6, 6.07) is -0.00726. The van der Waals surface area contributed by atoms with Gasteiger partial charge < -0.3 is 22.1 Å². The third kappa shape index (κ3) is 7.80.